The van der Waals surface area contributed by atoms with Crippen LogP contribution in [0.2, 0.25) is 0 Å². The number of rotatable bonds is 3. The van der Waals surface area contributed by atoms with Gasteiger partial charge in [-0.25, -0.2) is 9.78 Å². The monoisotopic (exact) mass is 308 g/mol. The van der Waals surface area contributed by atoms with Gasteiger partial charge in [-0.05, 0) is 25.7 Å². The second-order valence-corrected chi connectivity index (χ2v) is 6.95. The molecule has 116 valence electrons. The number of aromatic nitrogens is 2. The number of nitrogens with one attached hydrogen (secondary N) is 1. The lowest BCUT2D eigenvalue weighted by atomic mass is 9.89. The first-order valence-corrected chi connectivity index (χ1v) is 8.98. The lowest BCUT2D eigenvalue weighted by molar-refractivity contribution is 0.114. The third kappa shape index (κ3) is 3.73. The fourth-order valence-electron chi connectivity index (χ4n) is 3.73. The summed E-state index contributed by atoms with van der Waals surface area (Å²) in [6, 6.07) is 0.857. The summed E-state index contributed by atoms with van der Waals surface area (Å²) in [7, 11) is 0. The van der Waals surface area contributed by atoms with E-state index in [9.17, 15) is 4.79 Å². The fourth-order valence-corrected chi connectivity index (χ4v) is 4.15. The maximum Gasteiger partial charge on any atom is 0.324 e. The van der Waals surface area contributed by atoms with Gasteiger partial charge >= 0.3 is 6.03 Å². The van der Waals surface area contributed by atoms with Gasteiger partial charge in [0.1, 0.15) is 6.33 Å². The van der Waals surface area contributed by atoms with Crippen LogP contribution in [0, 0.1) is 0 Å². The highest BCUT2D eigenvalue weighted by Gasteiger charge is 2.32. The number of hydrogen-bond donors (Lipinski definition) is 1. The van der Waals surface area contributed by atoms with Gasteiger partial charge in [0.05, 0.1) is 0 Å². The maximum absolute atomic E-state index is 12.8. The Morgan fingerprint density at radius 1 is 1.05 bits per heavy atom. The summed E-state index contributed by atoms with van der Waals surface area (Å²) in [5.74, 6) is 0. The van der Waals surface area contributed by atoms with Crippen molar-refractivity contribution in [3.05, 3.63) is 6.33 Å². The molecule has 5 nitrogen and oxygen atoms in total. The molecule has 2 amide bonds. The first kappa shape index (κ1) is 14.8. The molecule has 0 bridgehead atoms. The molecule has 1 heterocycles. The molecule has 1 N–H and O–H groups in total. The van der Waals surface area contributed by atoms with E-state index in [-0.39, 0.29) is 6.03 Å². The second kappa shape index (κ2) is 7.20. The summed E-state index contributed by atoms with van der Waals surface area (Å²) < 4.78 is 3.96. The molecule has 2 aliphatic carbocycles. The Labute approximate surface area is 130 Å². The number of nitrogens with zero attached hydrogens (tertiary/aromatic N) is 3. The molecule has 0 atom stereocenters. The molecular formula is C15H24N4OS. The summed E-state index contributed by atoms with van der Waals surface area (Å²) in [5, 5.41) is 3.56. The minimum absolute atomic E-state index is 0.0329. The third-order valence-corrected chi connectivity index (χ3v) is 5.33. The fraction of sp³-hybridized carbons (Fsp3) is 0.800. The van der Waals surface area contributed by atoms with Gasteiger partial charge < -0.3 is 4.90 Å². The molecule has 21 heavy (non-hydrogen) atoms. The molecule has 3 rings (SSSR count). The van der Waals surface area contributed by atoms with Crippen molar-refractivity contribution >= 4 is 22.7 Å². The normalized spacial score (nSPS) is 21.1. The van der Waals surface area contributed by atoms with E-state index in [0.717, 1.165) is 25.7 Å². The van der Waals surface area contributed by atoms with Crippen LogP contribution >= 0.6 is 11.5 Å². The van der Waals surface area contributed by atoms with Crippen LogP contribution in [0.15, 0.2) is 6.33 Å². The number of anilines is 1. The van der Waals surface area contributed by atoms with E-state index in [1.807, 2.05) is 0 Å². The average Bonchev–Trinajstić information content (AvgIpc) is 3.02. The molecule has 0 aromatic carbocycles. The highest BCUT2D eigenvalue weighted by atomic mass is 32.1. The molecular weight excluding hydrogens is 284 g/mol. The molecule has 0 unspecified atom stereocenters. The van der Waals surface area contributed by atoms with Crippen molar-refractivity contribution in [3.63, 3.8) is 0 Å². The maximum atomic E-state index is 12.8. The Bertz CT molecular complexity index is 421. The van der Waals surface area contributed by atoms with Gasteiger partial charge in [0.15, 0.2) is 0 Å². The molecule has 6 heteroatoms. The Morgan fingerprint density at radius 3 is 2.10 bits per heavy atom. The van der Waals surface area contributed by atoms with Crippen LogP contribution in [0.3, 0.4) is 0 Å². The van der Waals surface area contributed by atoms with Crippen molar-refractivity contribution in [2.45, 2.75) is 76.3 Å². The summed E-state index contributed by atoms with van der Waals surface area (Å²) in [5.41, 5.74) is 0. The van der Waals surface area contributed by atoms with E-state index in [2.05, 4.69) is 19.6 Å². The summed E-state index contributed by atoms with van der Waals surface area (Å²) in [6.07, 6.45) is 13.7. The Hall–Kier alpha value is -1.17. The van der Waals surface area contributed by atoms with Crippen molar-refractivity contribution in [1.29, 1.82) is 0 Å². The van der Waals surface area contributed by atoms with Crippen molar-refractivity contribution in [3.8, 4) is 0 Å². The van der Waals surface area contributed by atoms with E-state index in [4.69, 9.17) is 0 Å². The number of hydrogen-bond acceptors (Lipinski definition) is 4. The molecule has 2 fully saturated rings. The van der Waals surface area contributed by atoms with Crippen LogP contribution in [0.1, 0.15) is 64.2 Å². The Kier molecular flexibility index (Phi) is 5.06. The zero-order valence-corrected chi connectivity index (χ0v) is 13.3. The van der Waals surface area contributed by atoms with Gasteiger partial charge in [0.25, 0.3) is 0 Å². The number of carbonyl (C=O) groups excluding carboxylic acids is 1. The zero-order chi connectivity index (χ0) is 14.5. The highest BCUT2D eigenvalue weighted by Crippen LogP contribution is 2.30. The molecule has 2 aliphatic rings. The van der Waals surface area contributed by atoms with Gasteiger partial charge in [-0.15, -0.1) is 0 Å². The van der Waals surface area contributed by atoms with E-state index in [1.165, 1.54) is 56.4 Å². The average molecular weight is 308 g/mol. The standard InChI is InChI=1S/C15H24N4OS/c20-15(18-14-16-11-17-21-14)19(12-7-3-1-4-8-12)13-9-5-2-6-10-13/h11-13H,1-10H2,(H,16,17,18,20). The van der Waals surface area contributed by atoms with E-state index < -0.39 is 0 Å². The number of urea groups is 1. The van der Waals surface area contributed by atoms with Crippen LogP contribution in [-0.2, 0) is 0 Å². The molecule has 0 saturated heterocycles. The SMILES string of the molecule is O=C(Nc1ncns1)N(C1CCCCC1)C1CCCCC1. The van der Waals surface area contributed by atoms with Gasteiger partial charge in [-0.2, -0.15) is 4.37 Å². The number of amides is 2. The van der Waals surface area contributed by atoms with Crippen LogP contribution in [-0.4, -0.2) is 32.4 Å². The van der Waals surface area contributed by atoms with Gasteiger partial charge in [-0.1, -0.05) is 38.5 Å². The van der Waals surface area contributed by atoms with Crippen molar-refractivity contribution in [2.24, 2.45) is 0 Å². The smallest absolute Gasteiger partial charge is 0.319 e. The van der Waals surface area contributed by atoms with E-state index >= 15 is 0 Å². The molecule has 0 spiro atoms. The van der Waals surface area contributed by atoms with E-state index in [1.54, 1.807) is 0 Å². The summed E-state index contributed by atoms with van der Waals surface area (Å²) >= 11 is 1.24. The Balaban J connectivity index is 1.71. The largest absolute Gasteiger partial charge is 0.324 e. The van der Waals surface area contributed by atoms with Crippen LogP contribution in [0.4, 0.5) is 9.93 Å². The van der Waals surface area contributed by atoms with Crippen molar-refractivity contribution in [2.75, 3.05) is 5.32 Å². The lowest BCUT2D eigenvalue weighted by Crippen LogP contribution is -2.50. The van der Waals surface area contributed by atoms with Crippen molar-refractivity contribution in [1.82, 2.24) is 14.3 Å². The molecule has 2 saturated carbocycles. The topological polar surface area (TPSA) is 58.1 Å². The molecule has 1 aromatic rings. The quantitative estimate of drug-likeness (QED) is 0.917. The van der Waals surface area contributed by atoms with Crippen LogP contribution in [0.25, 0.3) is 0 Å². The first-order chi connectivity index (χ1) is 10.3. The first-order valence-electron chi connectivity index (χ1n) is 8.20. The predicted octanol–water partition coefficient (Wildman–Crippen LogP) is 4.04. The van der Waals surface area contributed by atoms with Crippen LogP contribution in [0.5, 0.6) is 0 Å². The van der Waals surface area contributed by atoms with Gasteiger partial charge in [-0.3, -0.25) is 5.32 Å². The molecule has 1 aromatic heterocycles. The lowest BCUT2D eigenvalue weighted by Gasteiger charge is -2.41. The Morgan fingerprint density at radius 2 is 1.62 bits per heavy atom. The van der Waals surface area contributed by atoms with E-state index in [0.29, 0.717) is 17.2 Å². The second-order valence-electron chi connectivity index (χ2n) is 6.17. The van der Waals surface area contributed by atoms with Crippen molar-refractivity contribution < 1.29 is 4.79 Å². The molecule has 0 radical (unpaired) electrons. The number of carbonyl (C=O) groups is 1. The highest BCUT2D eigenvalue weighted by molar-refractivity contribution is 7.09. The summed E-state index contributed by atoms with van der Waals surface area (Å²) in [6.45, 7) is 0. The third-order valence-electron chi connectivity index (χ3n) is 4.75. The van der Waals surface area contributed by atoms with Gasteiger partial charge in [0.2, 0.25) is 5.13 Å². The summed E-state index contributed by atoms with van der Waals surface area (Å²) in [4.78, 5) is 19.0. The minimum atomic E-state index is 0.0329. The molecule has 0 aliphatic heterocycles. The van der Waals surface area contributed by atoms with Crippen LogP contribution < -0.4 is 5.32 Å². The zero-order valence-electron chi connectivity index (χ0n) is 12.5. The van der Waals surface area contributed by atoms with Gasteiger partial charge in [0, 0.05) is 23.6 Å². The minimum Gasteiger partial charge on any atom is -0.319 e. The predicted molar refractivity (Wildman–Crippen MR) is 84.5 cm³/mol.